The second-order valence-corrected chi connectivity index (χ2v) is 24.4. The van der Waals surface area contributed by atoms with Crippen molar-refractivity contribution in [3.05, 3.63) is 0 Å². The minimum Gasteiger partial charge on any atom is -0.393 e. The number of carbonyl (C=O) groups excluding carboxylic acids is 2. The maximum Gasteiger partial charge on any atom is 0.222 e. The number of hydrogen-bond donors (Lipinski definition) is 2. The van der Waals surface area contributed by atoms with Crippen LogP contribution in [0.5, 0.6) is 0 Å². The van der Waals surface area contributed by atoms with Gasteiger partial charge in [-0.15, -0.1) is 0 Å². The van der Waals surface area contributed by atoms with Crippen molar-refractivity contribution in [2.45, 2.75) is 195 Å². The molecule has 1 aliphatic heterocycles. The molecule has 0 aromatic heterocycles. The molecule has 328 valence electrons. The molecule has 9 aliphatic rings. The van der Waals surface area contributed by atoms with Crippen molar-refractivity contribution >= 4 is 11.8 Å². The monoisotopic (exact) mass is 803 g/mol. The van der Waals surface area contributed by atoms with Crippen LogP contribution in [0.4, 0.5) is 0 Å². The van der Waals surface area contributed by atoms with E-state index in [0.717, 1.165) is 97.7 Å². The summed E-state index contributed by atoms with van der Waals surface area (Å²) in [6, 6.07) is 0. The first-order valence-corrected chi connectivity index (χ1v) is 25.6. The van der Waals surface area contributed by atoms with Crippen molar-refractivity contribution in [2.24, 2.45) is 92.7 Å². The Morgan fingerprint density at radius 2 is 0.862 bits per heavy atom. The molecule has 9 fully saturated rings. The van der Waals surface area contributed by atoms with Crippen molar-refractivity contribution in [2.75, 3.05) is 26.2 Å². The summed E-state index contributed by atoms with van der Waals surface area (Å²) in [4.78, 5) is 31.4. The largest absolute Gasteiger partial charge is 0.393 e. The molecule has 6 nitrogen and oxygen atoms in total. The molecule has 1 saturated heterocycles. The quantitative estimate of drug-likeness (QED) is 0.256. The molecule has 0 radical (unpaired) electrons. The fourth-order valence-electron chi connectivity index (χ4n) is 19.0. The van der Waals surface area contributed by atoms with E-state index >= 15 is 0 Å². The van der Waals surface area contributed by atoms with Crippen LogP contribution in [-0.2, 0) is 9.59 Å². The summed E-state index contributed by atoms with van der Waals surface area (Å²) in [6.07, 6.45) is 26.0. The van der Waals surface area contributed by atoms with Gasteiger partial charge in [0.15, 0.2) is 0 Å². The van der Waals surface area contributed by atoms with Gasteiger partial charge in [-0.1, -0.05) is 41.5 Å². The van der Waals surface area contributed by atoms with Crippen LogP contribution in [0.25, 0.3) is 0 Å². The number of hydrogen-bond acceptors (Lipinski definition) is 4. The van der Waals surface area contributed by atoms with Crippen molar-refractivity contribution in [3.8, 4) is 0 Å². The van der Waals surface area contributed by atoms with Crippen LogP contribution in [0, 0.1) is 92.7 Å². The summed E-state index contributed by atoms with van der Waals surface area (Å²) in [6.45, 7) is 18.2. The maximum atomic E-state index is 13.6. The third kappa shape index (κ3) is 6.99. The summed E-state index contributed by atoms with van der Waals surface area (Å²) in [5.41, 5.74) is 1.70. The Labute approximate surface area is 354 Å². The Balaban J connectivity index is 0.714. The zero-order valence-corrected chi connectivity index (χ0v) is 38.1. The first-order chi connectivity index (χ1) is 27.7. The van der Waals surface area contributed by atoms with E-state index in [-0.39, 0.29) is 12.2 Å². The lowest BCUT2D eigenvalue weighted by molar-refractivity contribution is -0.140. The lowest BCUT2D eigenvalue weighted by atomic mass is 9.44. The number of fused-ring (bicyclic) bond motifs is 10. The highest BCUT2D eigenvalue weighted by Crippen LogP contribution is 2.70. The van der Waals surface area contributed by atoms with Crippen LogP contribution in [-0.4, -0.2) is 70.2 Å². The number of amides is 2. The average molecular weight is 803 g/mol. The summed E-state index contributed by atoms with van der Waals surface area (Å²) >= 11 is 0. The predicted octanol–water partition coefficient (Wildman–Crippen LogP) is 10.5. The molecule has 9 rings (SSSR count). The van der Waals surface area contributed by atoms with Crippen LogP contribution in [0.1, 0.15) is 183 Å². The van der Waals surface area contributed by atoms with Gasteiger partial charge in [0.05, 0.1) is 12.2 Å². The number of piperazine rings is 1. The highest BCUT2D eigenvalue weighted by Gasteiger charge is 2.62. The van der Waals surface area contributed by atoms with Crippen molar-refractivity contribution in [1.29, 1.82) is 0 Å². The smallest absolute Gasteiger partial charge is 0.222 e. The van der Waals surface area contributed by atoms with Gasteiger partial charge in [-0.3, -0.25) is 9.59 Å². The molecular formula is C52H86N2O4. The van der Waals surface area contributed by atoms with Gasteiger partial charge < -0.3 is 20.0 Å². The summed E-state index contributed by atoms with van der Waals surface area (Å²) in [5, 5.41) is 20.9. The molecule has 2 amide bonds. The van der Waals surface area contributed by atoms with E-state index in [4.69, 9.17) is 0 Å². The maximum absolute atomic E-state index is 13.6. The molecule has 8 aliphatic carbocycles. The fourth-order valence-corrected chi connectivity index (χ4v) is 19.0. The third-order valence-electron chi connectivity index (χ3n) is 22.4. The molecule has 58 heavy (non-hydrogen) atoms. The van der Waals surface area contributed by atoms with E-state index < -0.39 is 0 Å². The van der Waals surface area contributed by atoms with Gasteiger partial charge in [-0.25, -0.2) is 0 Å². The average Bonchev–Trinajstić information content (AvgIpc) is 3.76. The zero-order chi connectivity index (χ0) is 40.8. The Morgan fingerprint density at radius 3 is 1.26 bits per heavy atom. The molecule has 8 saturated carbocycles. The number of nitrogens with zero attached hydrogens (tertiary/aromatic N) is 2. The van der Waals surface area contributed by atoms with Gasteiger partial charge in [0, 0.05) is 39.0 Å². The molecule has 0 spiro atoms. The van der Waals surface area contributed by atoms with Gasteiger partial charge >= 0.3 is 0 Å². The molecule has 0 aromatic rings. The molecule has 0 bridgehead atoms. The molecule has 1 heterocycles. The van der Waals surface area contributed by atoms with E-state index in [1.807, 2.05) is 0 Å². The lowest BCUT2D eigenvalue weighted by Crippen LogP contribution is -2.54. The third-order valence-corrected chi connectivity index (χ3v) is 22.4. The second kappa shape index (κ2) is 15.9. The second-order valence-electron chi connectivity index (χ2n) is 24.4. The Hall–Kier alpha value is -1.14. The van der Waals surface area contributed by atoms with Crippen molar-refractivity contribution in [1.82, 2.24) is 9.80 Å². The van der Waals surface area contributed by atoms with Crippen LogP contribution in [0.2, 0.25) is 0 Å². The fraction of sp³-hybridized carbons (Fsp3) is 0.962. The summed E-state index contributed by atoms with van der Waals surface area (Å²) in [7, 11) is 0. The highest BCUT2D eigenvalue weighted by molar-refractivity contribution is 5.78. The molecule has 2 N–H and O–H groups in total. The van der Waals surface area contributed by atoms with Gasteiger partial charge in [-0.2, -0.15) is 0 Å². The topological polar surface area (TPSA) is 81.1 Å². The molecule has 0 unspecified atom stereocenters. The number of carbonyl (C=O) groups is 2. The zero-order valence-electron chi connectivity index (χ0n) is 38.1. The summed E-state index contributed by atoms with van der Waals surface area (Å²) in [5.74, 6) is 9.77. The molecule has 18 atom stereocenters. The molecular weight excluding hydrogens is 717 g/mol. The number of rotatable bonds is 8. The van der Waals surface area contributed by atoms with E-state index in [0.29, 0.717) is 84.3 Å². The summed E-state index contributed by atoms with van der Waals surface area (Å²) < 4.78 is 0. The lowest BCUT2D eigenvalue weighted by Gasteiger charge is -2.61. The Morgan fingerprint density at radius 1 is 0.500 bits per heavy atom. The Kier molecular flexibility index (Phi) is 11.6. The van der Waals surface area contributed by atoms with Crippen LogP contribution in [0.3, 0.4) is 0 Å². The first-order valence-electron chi connectivity index (χ1n) is 25.6. The highest BCUT2D eigenvalue weighted by atomic mass is 16.3. The molecule has 0 aromatic carbocycles. The predicted molar refractivity (Wildman–Crippen MR) is 232 cm³/mol. The normalized spacial score (nSPS) is 49.7. The van der Waals surface area contributed by atoms with Crippen molar-refractivity contribution in [3.63, 3.8) is 0 Å². The van der Waals surface area contributed by atoms with E-state index in [9.17, 15) is 19.8 Å². The van der Waals surface area contributed by atoms with Crippen molar-refractivity contribution < 1.29 is 19.8 Å². The van der Waals surface area contributed by atoms with Gasteiger partial charge in [0.2, 0.25) is 11.8 Å². The number of aliphatic hydroxyl groups is 2. The van der Waals surface area contributed by atoms with E-state index in [1.165, 1.54) is 89.9 Å². The first kappa shape index (κ1) is 42.2. The minimum atomic E-state index is -0.0686. The van der Waals surface area contributed by atoms with Gasteiger partial charge in [-0.05, 0) is 221 Å². The van der Waals surface area contributed by atoms with Crippen LogP contribution >= 0.6 is 0 Å². The van der Waals surface area contributed by atoms with Gasteiger partial charge in [0.25, 0.3) is 0 Å². The Bertz CT molecular complexity index is 1400. The molecule has 6 heteroatoms. The SMILES string of the molecule is C[C@H](CCC(=O)N1CCN(C(=O)CC[C@@H](C)[C@H]2CC[C@H]3[C@@H]4CC[C@@H]5C[C@H](O)CC[C@]5(C)[C@H]4CC[C@]23C)CC1)[C@H]1CC[C@H]2[C@@H]3CC[C@@H]4C[C@H](O)CC[C@]4(C)[C@H]3CC[C@]12C. The minimum absolute atomic E-state index is 0.0686. The number of aliphatic hydroxyl groups excluding tert-OH is 2. The van der Waals surface area contributed by atoms with Crippen LogP contribution in [0.15, 0.2) is 0 Å². The van der Waals surface area contributed by atoms with Crippen LogP contribution < -0.4 is 0 Å². The van der Waals surface area contributed by atoms with Gasteiger partial charge in [0.1, 0.15) is 0 Å². The standard InChI is InChI=1S/C52H86N2O4/c1-33(41-13-15-43-39-11-9-35-31-37(55)19-23-49(35,3)45(39)21-25-51(41,43)5)7-17-47(57)53-27-29-54(30-28-53)48(58)18-8-34(2)42-14-16-44-40-12-10-36-32-38(56)20-24-50(36,4)46(40)22-26-52(42,44)6/h33-46,55-56H,7-32H2,1-6H3/t33-,34-,35-,36-,37-,38-,39+,40+,41-,42-,43+,44+,45+,46+,49+,50+,51-,52-/m1/s1. The van der Waals surface area contributed by atoms with E-state index in [1.54, 1.807) is 0 Å². The van der Waals surface area contributed by atoms with E-state index in [2.05, 4.69) is 51.3 Å².